The largest absolute Gasteiger partial charge is 0.494 e. The van der Waals surface area contributed by atoms with Gasteiger partial charge in [-0.05, 0) is 67.6 Å². The van der Waals surface area contributed by atoms with E-state index in [1.807, 2.05) is 13.0 Å². The monoisotopic (exact) mass is 445 g/mol. The molecule has 0 saturated carbocycles. The van der Waals surface area contributed by atoms with Gasteiger partial charge in [0.25, 0.3) is 15.9 Å². The van der Waals surface area contributed by atoms with Crippen molar-refractivity contribution >= 4 is 33.2 Å². The minimum Gasteiger partial charge on any atom is -0.494 e. The maximum atomic E-state index is 13.3. The van der Waals surface area contributed by atoms with E-state index in [-0.39, 0.29) is 10.6 Å². The van der Waals surface area contributed by atoms with E-state index in [2.05, 4.69) is 0 Å². The molecule has 0 radical (unpaired) electrons. The first-order valence-electron chi connectivity index (χ1n) is 9.16. The van der Waals surface area contributed by atoms with E-state index in [4.69, 9.17) is 21.1 Å². The van der Waals surface area contributed by atoms with Crippen LogP contribution in [0.5, 0.6) is 11.5 Å². The molecule has 30 heavy (non-hydrogen) atoms. The van der Waals surface area contributed by atoms with Gasteiger partial charge in [0.15, 0.2) is 6.61 Å². The van der Waals surface area contributed by atoms with Crippen molar-refractivity contribution < 1.29 is 22.7 Å². The van der Waals surface area contributed by atoms with Crippen molar-refractivity contribution in [3.8, 4) is 11.5 Å². The lowest BCUT2D eigenvalue weighted by Crippen LogP contribution is -2.40. The van der Waals surface area contributed by atoms with Gasteiger partial charge in [-0.3, -0.25) is 4.79 Å². The predicted octanol–water partition coefficient (Wildman–Crippen LogP) is 4.54. The topological polar surface area (TPSA) is 72.9 Å². The maximum absolute atomic E-state index is 13.3. The Hall–Kier alpha value is -3.03. The number of halogens is 1. The van der Waals surface area contributed by atoms with Crippen LogP contribution >= 0.6 is 11.6 Å². The fourth-order valence-corrected chi connectivity index (χ4v) is 4.23. The summed E-state index contributed by atoms with van der Waals surface area (Å²) in [5.74, 6) is 0.289. The Bertz CT molecular complexity index is 1080. The molecule has 0 aliphatic rings. The first-order valence-corrected chi connectivity index (χ1v) is 11.0. The van der Waals surface area contributed by atoms with Crippen LogP contribution < -0.4 is 13.8 Å². The molecule has 6 nitrogen and oxygen atoms in total. The summed E-state index contributed by atoms with van der Waals surface area (Å²) in [5.41, 5.74) is 0.176. The second-order valence-corrected chi connectivity index (χ2v) is 8.37. The van der Waals surface area contributed by atoms with Gasteiger partial charge in [0.05, 0.1) is 17.2 Å². The standard InChI is InChI=1S/C22H20ClNO5S/c1-2-28-20-12-10-18(11-13-20)24(22(25)16-29-19-6-4-3-5-7-19)30(26,27)21-14-8-17(23)9-15-21/h3-15H,2,16H2,1H3. The number of benzene rings is 3. The summed E-state index contributed by atoms with van der Waals surface area (Å²) < 4.78 is 38.2. The Morgan fingerprint density at radius 2 is 1.47 bits per heavy atom. The summed E-state index contributed by atoms with van der Waals surface area (Å²) in [4.78, 5) is 12.9. The van der Waals surface area contributed by atoms with E-state index in [1.54, 1.807) is 36.4 Å². The predicted molar refractivity (Wildman–Crippen MR) is 116 cm³/mol. The second-order valence-electron chi connectivity index (χ2n) is 6.15. The molecule has 0 atom stereocenters. The number of amides is 1. The molecule has 0 N–H and O–H groups in total. The Balaban J connectivity index is 1.95. The van der Waals surface area contributed by atoms with Crippen LogP contribution in [0, 0.1) is 0 Å². The third-order valence-corrected chi connectivity index (χ3v) is 6.08. The molecule has 0 spiro atoms. The summed E-state index contributed by atoms with van der Waals surface area (Å²) in [6, 6.07) is 20.5. The van der Waals surface area contributed by atoms with Gasteiger partial charge in [0.1, 0.15) is 11.5 Å². The molecule has 0 bridgehead atoms. The molecule has 0 fully saturated rings. The van der Waals surface area contributed by atoms with Gasteiger partial charge in [0.2, 0.25) is 0 Å². The highest BCUT2D eigenvalue weighted by molar-refractivity contribution is 7.93. The molecule has 3 aromatic rings. The molecular weight excluding hydrogens is 426 g/mol. The molecule has 156 valence electrons. The van der Waals surface area contributed by atoms with Crippen molar-refractivity contribution in [2.45, 2.75) is 11.8 Å². The first-order chi connectivity index (χ1) is 14.4. The number of rotatable bonds is 8. The fourth-order valence-electron chi connectivity index (χ4n) is 2.69. The third-order valence-electron chi connectivity index (χ3n) is 4.07. The van der Waals surface area contributed by atoms with Gasteiger partial charge in [-0.1, -0.05) is 29.8 Å². The quantitative estimate of drug-likeness (QED) is 0.509. The van der Waals surface area contributed by atoms with Crippen LogP contribution in [0.2, 0.25) is 5.02 Å². The van der Waals surface area contributed by atoms with Crippen molar-refractivity contribution in [1.82, 2.24) is 0 Å². The van der Waals surface area contributed by atoms with Gasteiger partial charge in [-0.2, -0.15) is 4.31 Å². The number of nitrogens with zero attached hydrogens (tertiary/aromatic N) is 1. The van der Waals surface area contributed by atoms with Crippen LogP contribution in [0.15, 0.2) is 83.8 Å². The Labute approximate surface area is 180 Å². The van der Waals surface area contributed by atoms with Crippen molar-refractivity contribution in [2.75, 3.05) is 17.5 Å². The molecule has 0 aliphatic carbocycles. The maximum Gasteiger partial charge on any atom is 0.278 e. The second kappa shape index (κ2) is 9.65. The van der Waals surface area contributed by atoms with Crippen LogP contribution in [0.3, 0.4) is 0 Å². The smallest absolute Gasteiger partial charge is 0.278 e. The van der Waals surface area contributed by atoms with Crippen LogP contribution in [-0.2, 0) is 14.8 Å². The summed E-state index contributed by atoms with van der Waals surface area (Å²) in [5, 5.41) is 0.389. The van der Waals surface area contributed by atoms with Gasteiger partial charge < -0.3 is 9.47 Å². The molecule has 8 heteroatoms. The Kier molecular flexibility index (Phi) is 6.97. The molecule has 0 aliphatic heterocycles. The Morgan fingerprint density at radius 1 is 0.867 bits per heavy atom. The SMILES string of the molecule is CCOc1ccc(N(C(=O)COc2ccccc2)S(=O)(=O)c2ccc(Cl)cc2)cc1. The van der Waals surface area contributed by atoms with E-state index >= 15 is 0 Å². The minimum atomic E-state index is -4.20. The van der Waals surface area contributed by atoms with Gasteiger partial charge in [0, 0.05) is 5.02 Å². The number of carbonyl (C=O) groups is 1. The normalized spacial score (nSPS) is 11.0. The van der Waals surface area contributed by atoms with E-state index in [0.29, 0.717) is 23.1 Å². The van der Waals surface area contributed by atoms with Crippen molar-refractivity contribution in [2.24, 2.45) is 0 Å². The molecule has 0 heterocycles. The molecule has 0 unspecified atom stereocenters. The fraction of sp³-hybridized carbons (Fsp3) is 0.136. The number of sulfonamides is 1. The van der Waals surface area contributed by atoms with Gasteiger partial charge >= 0.3 is 0 Å². The van der Waals surface area contributed by atoms with Crippen molar-refractivity contribution in [1.29, 1.82) is 0 Å². The average Bonchev–Trinajstić information content (AvgIpc) is 2.75. The number of hydrogen-bond donors (Lipinski definition) is 0. The number of carbonyl (C=O) groups excluding carboxylic acids is 1. The van der Waals surface area contributed by atoms with Crippen molar-refractivity contribution in [3.63, 3.8) is 0 Å². The van der Waals surface area contributed by atoms with Crippen LogP contribution in [0.1, 0.15) is 6.92 Å². The average molecular weight is 446 g/mol. The zero-order chi connectivity index (χ0) is 21.6. The lowest BCUT2D eigenvalue weighted by molar-refractivity contribution is -0.119. The first kappa shape index (κ1) is 21.7. The molecule has 3 rings (SSSR count). The summed E-state index contributed by atoms with van der Waals surface area (Å²) in [6.45, 7) is 1.86. The molecular formula is C22H20ClNO5S. The third kappa shape index (κ3) is 5.11. The number of ether oxygens (including phenoxy) is 2. The summed E-state index contributed by atoms with van der Waals surface area (Å²) in [7, 11) is -4.20. The number of para-hydroxylation sites is 1. The Morgan fingerprint density at radius 3 is 2.07 bits per heavy atom. The molecule has 3 aromatic carbocycles. The molecule has 1 amide bonds. The number of anilines is 1. The molecule has 0 aromatic heterocycles. The van der Waals surface area contributed by atoms with Crippen molar-refractivity contribution in [3.05, 3.63) is 83.9 Å². The highest BCUT2D eigenvalue weighted by atomic mass is 35.5. The number of hydrogen-bond acceptors (Lipinski definition) is 5. The molecule has 0 saturated heterocycles. The highest BCUT2D eigenvalue weighted by Crippen LogP contribution is 2.27. The van der Waals surface area contributed by atoms with E-state index in [0.717, 1.165) is 4.31 Å². The summed E-state index contributed by atoms with van der Waals surface area (Å²) >= 11 is 5.88. The minimum absolute atomic E-state index is 0.0613. The highest BCUT2D eigenvalue weighted by Gasteiger charge is 2.31. The van der Waals surface area contributed by atoms with Crippen LogP contribution in [0.25, 0.3) is 0 Å². The van der Waals surface area contributed by atoms with Crippen LogP contribution in [0.4, 0.5) is 5.69 Å². The lowest BCUT2D eigenvalue weighted by atomic mass is 10.3. The zero-order valence-corrected chi connectivity index (χ0v) is 17.8. The van der Waals surface area contributed by atoms with Gasteiger partial charge in [-0.25, -0.2) is 8.42 Å². The lowest BCUT2D eigenvalue weighted by Gasteiger charge is -2.23. The van der Waals surface area contributed by atoms with E-state index in [1.165, 1.54) is 36.4 Å². The summed E-state index contributed by atoms with van der Waals surface area (Å²) in [6.07, 6.45) is 0. The van der Waals surface area contributed by atoms with E-state index in [9.17, 15) is 13.2 Å². The van der Waals surface area contributed by atoms with E-state index < -0.39 is 22.5 Å². The zero-order valence-electron chi connectivity index (χ0n) is 16.2. The van der Waals surface area contributed by atoms with Crippen LogP contribution in [-0.4, -0.2) is 27.5 Å². The van der Waals surface area contributed by atoms with Gasteiger partial charge in [-0.15, -0.1) is 0 Å².